The predicted octanol–water partition coefficient (Wildman–Crippen LogP) is 4.24. The van der Waals surface area contributed by atoms with E-state index in [1.54, 1.807) is 0 Å². The molecule has 2 fully saturated rings. The summed E-state index contributed by atoms with van der Waals surface area (Å²) in [6, 6.07) is 8.09. The van der Waals surface area contributed by atoms with Gasteiger partial charge in [-0.2, -0.15) is 0 Å². The number of halogens is 3. The lowest BCUT2D eigenvalue weighted by molar-refractivity contribution is -0.132. The Labute approximate surface area is 187 Å². The number of rotatable bonds is 5. The van der Waals surface area contributed by atoms with Crippen LogP contribution in [0.4, 0.5) is 0 Å². The van der Waals surface area contributed by atoms with E-state index in [9.17, 15) is 4.79 Å². The van der Waals surface area contributed by atoms with Gasteiger partial charge < -0.3 is 10.2 Å². The molecule has 0 aromatic heterocycles. The van der Waals surface area contributed by atoms with Gasteiger partial charge in [0.2, 0.25) is 5.91 Å². The zero-order chi connectivity index (χ0) is 18.4. The fourth-order valence-corrected chi connectivity index (χ4v) is 4.29. The van der Waals surface area contributed by atoms with Gasteiger partial charge in [-0.3, -0.25) is 9.69 Å². The van der Waals surface area contributed by atoms with E-state index in [0.29, 0.717) is 24.2 Å². The molecule has 160 valence electrons. The number of benzene rings is 1. The Morgan fingerprint density at radius 3 is 2.57 bits per heavy atom. The maximum atomic E-state index is 12.8. The molecule has 7 heteroatoms. The van der Waals surface area contributed by atoms with E-state index in [1.165, 1.54) is 18.4 Å². The second-order valence-corrected chi connectivity index (χ2v) is 8.36. The highest BCUT2D eigenvalue weighted by Crippen LogP contribution is 2.23. The molecule has 1 aromatic rings. The molecule has 4 nitrogen and oxygen atoms in total. The Morgan fingerprint density at radius 1 is 1.14 bits per heavy atom. The largest absolute Gasteiger partial charge is 0.341 e. The van der Waals surface area contributed by atoms with Crippen molar-refractivity contribution in [3.63, 3.8) is 0 Å². The average molecular weight is 451 g/mol. The van der Waals surface area contributed by atoms with Crippen LogP contribution in [0, 0.1) is 11.8 Å². The molecule has 0 radical (unpaired) electrons. The third kappa shape index (κ3) is 7.72. The van der Waals surface area contributed by atoms with Crippen LogP contribution in [0.5, 0.6) is 0 Å². The number of carbonyl (C=O) groups excluding carboxylic acids is 1. The number of hydrogen-bond acceptors (Lipinski definition) is 3. The van der Waals surface area contributed by atoms with Crippen molar-refractivity contribution in [2.75, 3.05) is 39.3 Å². The predicted molar refractivity (Wildman–Crippen MR) is 122 cm³/mol. The first-order chi connectivity index (χ1) is 12.6. The fraction of sp³-hybridized carbons (Fsp3) is 0.667. The van der Waals surface area contributed by atoms with Crippen molar-refractivity contribution in [3.05, 3.63) is 34.9 Å². The third-order valence-corrected chi connectivity index (χ3v) is 6.15. The molecule has 0 saturated carbocycles. The molecule has 2 heterocycles. The zero-order valence-corrected chi connectivity index (χ0v) is 19.1. The van der Waals surface area contributed by atoms with Gasteiger partial charge in [0.05, 0.1) is 0 Å². The van der Waals surface area contributed by atoms with Crippen molar-refractivity contribution in [2.45, 2.75) is 39.2 Å². The lowest BCUT2D eigenvalue weighted by Gasteiger charge is -2.30. The van der Waals surface area contributed by atoms with Gasteiger partial charge in [-0.1, -0.05) is 30.7 Å². The topological polar surface area (TPSA) is 35.6 Å². The minimum atomic E-state index is 0. The van der Waals surface area contributed by atoms with Crippen LogP contribution in [0.15, 0.2) is 24.3 Å². The first-order valence-electron chi connectivity index (χ1n) is 10.1. The summed E-state index contributed by atoms with van der Waals surface area (Å²) in [5.41, 5.74) is 1.28. The maximum Gasteiger partial charge on any atom is 0.222 e. The molecule has 2 saturated heterocycles. The standard InChI is InChI=1S/C21H32ClN3O.2ClH/c1-17(19-4-2-9-23-15-19)14-21(26)25-11-3-10-24(12-13-25)16-18-5-7-20(22)8-6-18;;/h5-8,17,19,23H,2-4,9-16H2,1H3;2*1H. The van der Waals surface area contributed by atoms with Gasteiger partial charge in [0.25, 0.3) is 0 Å². The molecule has 1 N–H and O–H groups in total. The summed E-state index contributed by atoms with van der Waals surface area (Å²) in [6.07, 6.45) is 4.26. The van der Waals surface area contributed by atoms with Gasteiger partial charge >= 0.3 is 0 Å². The van der Waals surface area contributed by atoms with Gasteiger partial charge in [0, 0.05) is 44.2 Å². The van der Waals surface area contributed by atoms with E-state index in [2.05, 4.69) is 34.2 Å². The van der Waals surface area contributed by atoms with Crippen molar-refractivity contribution in [1.82, 2.24) is 15.1 Å². The summed E-state index contributed by atoms with van der Waals surface area (Å²) in [5.74, 6) is 1.47. The summed E-state index contributed by atoms with van der Waals surface area (Å²) in [4.78, 5) is 17.3. The molecule has 1 amide bonds. The molecular weight excluding hydrogens is 417 g/mol. The number of amides is 1. The van der Waals surface area contributed by atoms with E-state index in [1.807, 2.05) is 12.1 Å². The minimum absolute atomic E-state index is 0. The van der Waals surface area contributed by atoms with Gasteiger partial charge in [-0.15, -0.1) is 24.8 Å². The van der Waals surface area contributed by atoms with Crippen molar-refractivity contribution >= 4 is 42.3 Å². The molecule has 3 rings (SSSR count). The van der Waals surface area contributed by atoms with Crippen LogP contribution in [0.1, 0.15) is 38.2 Å². The number of hydrogen-bond donors (Lipinski definition) is 1. The first-order valence-corrected chi connectivity index (χ1v) is 10.4. The highest BCUT2D eigenvalue weighted by atomic mass is 35.5. The van der Waals surface area contributed by atoms with Gasteiger partial charge in [0.1, 0.15) is 0 Å². The zero-order valence-electron chi connectivity index (χ0n) is 16.7. The SMILES string of the molecule is CC(CC(=O)N1CCCN(Cc2ccc(Cl)cc2)CC1)C1CCCNC1.Cl.Cl. The minimum Gasteiger partial charge on any atom is -0.341 e. The number of nitrogens with zero attached hydrogens (tertiary/aromatic N) is 2. The van der Waals surface area contributed by atoms with E-state index in [0.717, 1.165) is 57.3 Å². The Bertz CT molecular complexity index is 579. The molecule has 0 bridgehead atoms. The quantitative estimate of drug-likeness (QED) is 0.728. The Balaban J connectivity index is 0.00000196. The highest BCUT2D eigenvalue weighted by molar-refractivity contribution is 6.30. The lowest BCUT2D eigenvalue weighted by atomic mass is 9.85. The molecule has 28 heavy (non-hydrogen) atoms. The highest BCUT2D eigenvalue weighted by Gasteiger charge is 2.25. The van der Waals surface area contributed by atoms with E-state index in [4.69, 9.17) is 11.6 Å². The van der Waals surface area contributed by atoms with Crippen molar-refractivity contribution < 1.29 is 4.79 Å². The van der Waals surface area contributed by atoms with Crippen LogP contribution in [0.2, 0.25) is 5.02 Å². The Hall–Kier alpha value is -0.520. The maximum absolute atomic E-state index is 12.8. The molecular formula is C21H34Cl3N3O. The van der Waals surface area contributed by atoms with E-state index in [-0.39, 0.29) is 24.8 Å². The first kappa shape index (κ1) is 25.5. The van der Waals surface area contributed by atoms with Gasteiger partial charge in [-0.25, -0.2) is 0 Å². The summed E-state index contributed by atoms with van der Waals surface area (Å²) in [7, 11) is 0. The normalized spacial score (nSPS) is 21.8. The smallest absolute Gasteiger partial charge is 0.222 e. The number of piperidine rings is 1. The second-order valence-electron chi connectivity index (χ2n) is 7.92. The Kier molecular flexibility index (Phi) is 11.8. The fourth-order valence-electron chi connectivity index (χ4n) is 4.16. The molecule has 0 aliphatic carbocycles. The average Bonchev–Trinajstić information content (AvgIpc) is 2.90. The van der Waals surface area contributed by atoms with Crippen LogP contribution in [0.25, 0.3) is 0 Å². The number of carbonyl (C=O) groups is 1. The van der Waals surface area contributed by atoms with E-state index < -0.39 is 0 Å². The summed E-state index contributed by atoms with van der Waals surface area (Å²) in [5, 5.41) is 4.25. The van der Waals surface area contributed by atoms with Gasteiger partial charge in [0.15, 0.2) is 0 Å². The van der Waals surface area contributed by atoms with E-state index >= 15 is 0 Å². The molecule has 2 aliphatic heterocycles. The third-order valence-electron chi connectivity index (χ3n) is 5.90. The summed E-state index contributed by atoms with van der Waals surface area (Å²) in [6.45, 7) is 9.13. The molecule has 2 aliphatic rings. The van der Waals surface area contributed by atoms with Crippen LogP contribution in [0.3, 0.4) is 0 Å². The monoisotopic (exact) mass is 449 g/mol. The molecule has 1 aromatic carbocycles. The molecule has 0 spiro atoms. The number of nitrogens with one attached hydrogen (secondary N) is 1. The summed E-state index contributed by atoms with van der Waals surface area (Å²) < 4.78 is 0. The van der Waals surface area contributed by atoms with Crippen LogP contribution in [-0.4, -0.2) is 55.0 Å². The van der Waals surface area contributed by atoms with Crippen molar-refractivity contribution in [1.29, 1.82) is 0 Å². The van der Waals surface area contributed by atoms with Crippen molar-refractivity contribution in [3.8, 4) is 0 Å². The second kappa shape index (κ2) is 12.9. The van der Waals surface area contributed by atoms with Crippen molar-refractivity contribution in [2.24, 2.45) is 11.8 Å². The van der Waals surface area contributed by atoms with Crippen LogP contribution in [-0.2, 0) is 11.3 Å². The lowest BCUT2D eigenvalue weighted by Crippen LogP contribution is -2.38. The van der Waals surface area contributed by atoms with Crippen LogP contribution >= 0.6 is 36.4 Å². The van der Waals surface area contributed by atoms with Gasteiger partial charge in [-0.05, 0) is 61.9 Å². The summed E-state index contributed by atoms with van der Waals surface area (Å²) >= 11 is 5.97. The Morgan fingerprint density at radius 2 is 1.89 bits per heavy atom. The molecule has 2 unspecified atom stereocenters. The molecule has 2 atom stereocenters. The van der Waals surface area contributed by atoms with Crippen LogP contribution < -0.4 is 5.32 Å².